The fourth-order valence-corrected chi connectivity index (χ4v) is 6.50. The normalized spacial score (nSPS) is 14.9. The molecule has 31 heavy (non-hydrogen) atoms. The Morgan fingerprint density at radius 2 is 1.42 bits per heavy atom. The molecule has 3 aromatic rings. The molecule has 4 rings (SSSR count). The number of sulfonamides is 1. The lowest BCUT2D eigenvalue weighted by Gasteiger charge is -2.27. The Labute approximate surface area is 191 Å². The van der Waals surface area contributed by atoms with Gasteiger partial charge in [-0.05, 0) is 42.5 Å². The van der Waals surface area contributed by atoms with Gasteiger partial charge in [-0.3, -0.25) is 9.69 Å². The predicted molar refractivity (Wildman–Crippen MR) is 127 cm³/mol. The van der Waals surface area contributed by atoms with Crippen molar-refractivity contribution in [1.82, 2.24) is 4.31 Å². The van der Waals surface area contributed by atoms with Crippen LogP contribution in [0.15, 0.2) is 83.8 Å². The monoisotopic (exact) mass is 472 g/mol. The van der Waals surface area contributed by atoms with Crippen LogP contribution in [0.25, 0.3) is 0 Å². The average molecular weight is 473 g/mol. The number of amides is 1. The highest BCUT2D eigenvalue weighted by molar-refractivity contribution is 7.99. The number of nitrogens with zero attached hydrogens (tertiary/aromatic N) is 2. The van der Waals surface area contributed by atoms with E-state index in [1.807, 2.05) is 60.7 Å². The molecule has 0 unspecified atom stereocenters. The molecule has 1 fully saturated rings. The van der Waals surface area contributed by atoms with Gasteiger partial charge in [0.2, 0.25) is 10.0 Å². The number of hydrogen-bond donors (Lipinski definition) is 0. The number of benzene rings is 3. The minimum atomic E-state index is -3.79. The lowest BCUT2D eigenvalue weighted by molar-refractivity contribution is 0.0999. The second kappa shape index (κ2) is 9.44. The maximum absolute atomic E-state index is 13.6. The molecule has 1 saturated heterocycles. The maximum atomic E-state index is 13.6. The smallest absolute Gasteiger partial charge is 0.262 e. The van der Waals surface area contributed by atoms with Gasteiger partial charge >= 0.3 is 0 Å². The second-order valence-corrected chi connectivity index (χ2v) is 10.5. The molecule has 0 atom stereocenters. The van der Waals surface area contributed by atoms with Crippen molar-refractivity contribution in [3.8, 4) is 0 Å². The van der Waals surface area contributed by atoms with E-state index >= 15 is 0 Å². The molecule has 1 aliphatic rings. The highest BCUT2D eigenvalue weighted by Crippen LogP contribution is 2.31. The second-order valence-electron chi connectivity index (χ2n) is 6.97. The molecule has 3 aromatic carbocycles. The molecule has 0 bridgehead atoms. The van der Waals surface area contributed by atoms with Crippen molar-refractivity contribution in [2.75, 3.05) is 29.5 Å². The molecule has 8 heteroatoms. The number of carbonyl (C=O) groups excluding carboxylic acids is 1. The zero-order valence-electron chi connectivity index (χ0n) is 16.6. The summed E-state index contributed by atoms with van der Waals surface area (Å²) in [4.78, 5) is 15.1. The maximum Gasteiger partial charge on any atom is 0.262 e. The van der Waals surface area contributed by atoms with Gasteiger partial charge < -0.3 is 0 Å². The minimum absolute atomic E-state index is 0.0343. The van der Waals surface area contributed by atoms with E-state index in [2.05, 4.69) is 0 Å². The van der Waals surface area contributed by atoms with Crippen LogP contribution in [0.4, 0.5) is 11.4 Å². The number of carbonyl (C=O) groups is 1. The van der Waals surface area contributed by atoms with Gasteiger partial charge in [0.1, 0.15) is 4.90 Å². The van der Waals surface area contributed by atoms with Gasteiger partial charge in [0.25, 0.3) is 5.91 Å². The molecule has 1 heterocycles. The Morgan fingerprint density at radius 1 is 0.871 bits per heavy atom. The van der Waals surface area contributed by atoms with E-state index in [1.54, 1.807) is 22.7 Å². The minimum Gasteiger partial charge on any atom is -0.277 e. The fourth-order valence-electron chi connectivity index (χ4n) is 3.43. The Kier molecular flexibility index (Phi) is 6.67. The van der Waals surface area contributed by atoms with Crippen LogP contribution in [0.1, 0.15) is 10.4 Å². The molecule has 0 aliphatic carbocycles. The molecule has 1 aliphatic heterocycles. The Bertz CT molecular complexity index is 1130. The Balaban J connectivity index is 1.76. The van der Waals surface area contributed by atoms with Crippen LogP contribution in [0, 0.1) is 0 Å². The van der Waals surface area contributed by atoms with Crippen molar-refractivity contribution >= 4 is 50.7 Å². The summed E-state index contributed by atoms with van der Waals surface area (Å²) in [5.41, 5.74) is 1.62. The predicted octanol–water partition coefficient (Wildman–Crippen LogP) is 5.06. The standard InChI is InChI=1S/C23H21ClN2O3S2/c24-21-12-11-18(17-22(21)31(28,29)25-13-15-30-16-14-25)23(27)26(19-7-3-1-4-8-19)20-9-5-2-6-10-20/h1-12,17H,13-16H2. The SMILES string of the molecule is O=C(c1ccc(Cl)c(S(=O)(=O)N2CCSCC2)c1)N(c1ccccc1)c1ccccc1. The Morgan fingerprint density at radius 3 is 1.97 bits per heavy atom. The van der Waals surface area contributed by atoms with Crippen molar-refractivity contribution in [2.45, 2.75) is 4.90 Å². The quantitative estimate of drug-likeness (QED) is 0.521. The van der Waals surface area contributed by atoms with Gasteiger partial charge in [-0.25, -0.2) is 8.42 Å². The van der Waals surface area contributed by atoms with Crippen molar-refractivity contribution in [3.63, 3.8) is 0 Å². The third-order valence-electron chi connectivity index (χ3n) is 5.00. The van der Waals surface area contributed by atoms with Crippen molar-refractivity contribution in [1.29, 1.82) is 0 Å². The summed E-state index contributed by atoms with van der Waals surface area (Å²) in [5, 5.41) is 0.112. The summed E-state index contributed by atoms with van der Waals surface area (Å²) in [5.74, 6) is 1.15. The van der Waals surface area contributed by atoms with Gasteiger partial charge in [0, 0.05) is 41.5 Å². The lowest BCUT2D eigenvalue weighted by atomic mass is 10.1. The van der Waals surface area contributed by atoms with Gasteiger partial charge in [0.15, 0.2) is 0 Å². The van der Waals surface area contributed by atoms with E-state index in [-0.39, 0.29) is 21.4 Å². The Hall–Kier alpha value is -2.32. The molecule has 160 valence electrons. The molecule has 0 N–H and O–H groups in total. The van der Waals surface area contributed by atoms with Gasteiger partial charge in [-0.1, -0.05) is 48.0 Å². The first-order chi connectivity index (χ1) is 15.0. The summed E-state index contributed by atoms with van der Waals surface area (Å²) >= 11 is 8.00. The zero-order valence-corrected chi connectivity index (χ0v) is 19.0. The molecule has 5 nitrogen and oxygen atoms in total. The molecule has 0 radical (unpaired) electrons. The average Bonchev–Trinajstić information content (AvgIpc) is 2.81. The molecule has 0 saturated carbocycles. The highest BCUT2D eigenvalue weighted by atomic mass is 35.5. The lowest BCUT2D eigenvalue weighted by Crippen LogP contribution is -2.38. The van der Waals surface area contributed by atoms with Crippen molar-refractivity contribution < 1.29 is 13.2 Å². The third kappa shape index (κ3) is 4.65. The summed E-state index contributed by atoms with van der Waals surface area (Å²) < 4.78 is 27.8. The number of hydrogen-bond acceptors (Lipinski definition) is 4. The number of para-hydroxylation sites is 2. The summed E-state index contributed by atoms with van der Waals surface area (Å²) in [6, 6.07) is 22.9. The first-order valence-electron chi connectivity index (χ1n) is 9.80. The third-order valence-corrected chi connectivity index (χ3v) is 8.32. The van der Waals surface area contributed by atoms with Crippen molar-refractivity contribution in [2.24, 2.45) is 0 Å². The first-order valence-corrected chi connectivity index (χ1v) is 12.8. The largest absolute Gasteiger partial charge is 0.277 e. The number of anilines is 2. The van der Waals surface area contributed by atoms with E-state index < -0.39 is 10.0 Å². The van der Waals surface area contributed by atoms with E-state index in [4.69, 9.17) is 11.6 Å². The van der Waals surface area contributed by atoms with Crippen LogP contribution < -0.4 is 4.90 Å². The molecule has 1 amide bonds. The van der Waals surface area contributed by atoms with E-state index in [1.165, 1.54) is 16.4 Å². The van der Waals surface area contributed by atoms with Crippen LogP contribution in [-0.2, 0) is 10.0 Å². The highest BCUT2D eigenvalue weighted by Gasteiger charge is 2.30. The van der Waals surface area contributed by atoms with E-state index in [9.17, 15) is 13.2 Å². The van der Waals surface area contributed by atoms with Crippen LogP contribution in [0.3, 0.4) is 0 Å². The van der Waals surface area contributed by atoms with Crippen LogP contribution in [0.5, 0.6) is 0 Å². The van der Waals surface area contributed by atoms with Gasteiger partial charge in [-0.15, -0.1) is 0 Å². The van der Waals surface area contributed by atoms with Crippen LogP contribution >= 0.6 is 23.4 Å². The fraction of sp³-hybridized carbons (Fsp3) is 0.174. The topological polar surface area (TPSA) is 57.7 Å². The number of thioether (sulfide) groups is 1. The first kappa shape index (κ1) is 21.9. The summed E-state index contributed by atoms with van der Waals surface area (Å²) in [6.07, 6.45) is 0. The van der Waals surface area contributed by atoms with Crippen LogP contribution in [0.2, 0.25) is 5.02 Å². The number of rotatable bonds is 5. The van der Waals surface area contributed by atoms with Crippen molar-refractivity contribution in [3.05, 3.63) is 89.4 Å². The van der Waals surface area contributed by atoms with E-state index in [0.717, 1.165) is 11.5 Å². The molecular formula is C23H21ClN2O3S2. The van der Waals surface area contributed by atoms with Gasteiger partial charge in [-0.2, -0.15) is 16.1 Å². The number of halogens is 1. The molecule has 0 spiro atoms. The molecular weight excluding hydrogens is 452 g/mol. The summed E-state index contributed by atoms with van der Waals surface area (Å²) in [6.45, 7) is 0.864. The van der Waals surface area contributed by atoms with Crippen LogP contribution in [-0.4, -0.2) is 43.2 Å². The van der Waals surface area contributed by atoms with E-state index in [0.29, 0.717) is 24.5 Å². The molecule has 0 aromatic heterocycles. The zero-order chi connectivity index (χ0) is 21.8. The van der Waals surface area contributed by atoms with Gasteiger partial charge in [0.05, 0.1) is 5.02 Å². The summed E-state index contributed by atoms with van der Waals surface area (Å²) in [7, 11) is -3.79.